The van der Waals surface area contributed by atoms with Crippen molar-refractivity contribution >= 4 is 5.91 Å². The van der Waals surface area contributed by atoms with Crippen molar-refractivity contribution in [2.75, 3.05) is 19.7 Å². The molecule has 0 aliphatic heterocycles. The Balaban J connectivity index is 2.78. The summed E-state index contributed by atoms with van der Waals surface area (Å²) in [5, 5.41) is 8.70. The molecule has 0 saturated carbocycles. The van der Waals surface area contributed by atoms with Crippen molar-refractivity contribution in [3.63, 3.8) is 0 Å². The van der Waals surface area contributed by atoms with Gasteiger partial charge in [0.25, 0.3) is 12.3 Å². The van der Waals surface area contributed by atoms with Crippen LogP contribution in [0.25, 0.3) is 0 Å². The lowest BCUT2D eigenvalue weighted by Crippen LogP contribution is -2.37. The largest absolute Gasteiger partial charge is 0.459 e. The molecule has 90 valence electrons. The number of rotatable bonds is 5. The quantitative estimate of drug-likeness (QED) is 0.833. The fourth-order valence-electron chi connectivity index (χ4n) is 1.30. The monoisotopic (exact) mass is 233 g/mol. The van der Waals surface area contributed by atoms with Crippen LogP contribution >= 0.6 is 0 Å². The number of aryl methyl sites for hydroxylation is 1. The second-order valence-corrected chi connectivity index (χ2v) is 3.30. The SMILES string of the molecule is Cc1ccoc1C(=O)N(CCO)CC(F)F. The number of aliphatic hydroxyl groups excluding tert-OH is 1. The van der Waals surface area contributed by atoms with E-state index in [4.69, 9.17) is 9.52 Å². The Kier molecular flexibility index (Phi) is 4.42. The van der Waals surface area contributed by atoms with E-state index < -0.39 is 18.9 Å². The summed E-state index contributed by atoms with van der Waals surface area (Å²) >= 11 is 0. The first-order valence-electron chi connectivity index (χ1n) is 4.78. The predicted octanol–water partition coefficient (Wildman–Crippen LogP) is 1.29. The Labute approximate surface area is 91.5 Å². The minimum atomic E-state index is -2.63. The summed E-state index contributed by atoms with van der Waals surface area (Å²) < 4.78 is 29.3. The minimum Gasteiger partial charge on any atom is -0.459 e. The van der Waals surface area contributed by atoms with Crippen molar-refractivity contribution < 1.29 is 23.1 Å². The number of nitrogens with zero attached hydrogens (tertiary/aromatic N) is 1. The molecule has 1 aromatic heterocycles. The molecular weight excluding hydrogens is 220 g/mol. The molecule has 0 atom stereocenters. The molecule has 0 spiro atoms. The van der Waals surface area contributed by atoms with Gasteiger partial charge in [0.1, 0.15) is 0 Å². The highest BCUT2D eigenvalue weighted by Crippen LogP contribution is 2.12. The van der Waals surface area contributed by atoms with Crippen LogP contribution in [0.3, 0.4) is 0 Å². The van der Waals surface area contributed by atoms with E-state index >= 15 is 0 Å². The summed E-state index contributed by atoms with van der Waals surface area (Å²) in [5.41, 5.74) is 0.585. The highest BCUT2D eigenvalue weighted by Gasteiger charge is 2.22. The van der Waals surface area contributed by atoms with E-state index in [0.717, 1.165) is 4.90 Å². The van der Waals surface area contributed by atoms with Gasteiger partial charge < -0.3 is 14.4 Å². The van der Waals surface area contributed by atoms with Crippen LogP contribution in [0.4, 0.5) is 8.78 Å². The summed E-state index contributed by atoms with van der Waals surface area (Å²) in [6, 6.07) is 1.58. The van der Waals surface area contributed by atoms with Crippen LogP contribution in [0.15, 0.2) is 16.7 Å². The van der Waals surface area contributed by atoms with Crippen LogP contribution in [0.2, 0.25) is 0 Å². The topological polar surface area (TPSA) is 53.7 Å². The lowest BCUT2D eigenvalue weighted by molar-refractivity contribution is 0.0482. The molecule has 0 bridgehead atoms. The standard InChI is InChI=1S/C10H13F2NO3/c1-7-2-5-16-9(7)10(15)13(3-4-14)6-8(11)12/h2,5,8,14H,3-4,6H2,1H3. The summed E-state index contributed by atoms with van der Waals surface area (Å²) in [7, 11) is 0. The molecule has 0 radical (unpaired) electrons. The third-order valence-electron chi connectivity index (χ3n) is 2.07. The van der Waals surface area contributed by atoms with Gasteiger partial charge in [-0.1, -0.05) is 0 Å². The maximum absolute atomic E-state index is 12.2. The zero-order valence-electron chi connectivity index (χ0n) is 8.82. The number of carbonyl (C=O) groups is 1. The predicted molar refractivity (Wildman–Crippen MR) is 52.4 cm³/mol. The minimum absolute atomic E-state index is 0.0362. The average molecular weight is 233 g/mol. The van der Waals surface area contributed by atoms with Crippen LogP contribution in [0.5, 0.6) is 0 Å². The van der Waals surface area contributed by atoms with Crippen LogP contribution in [0, 0.1) is 6.92 Å². The van der Waals surface area contributed by atoms with Gasteiger partial charge in [-0.15, -0.1) is 0 Å². The van der Waals surface area contributed by atoms with Crippen LogP contribution in [0.1, 0.15) is 16.1 Å². The lowest BCUT2D eigenvalue weighted by atomic mass is 10.2. The fourth-order valence-corrected chi connectivity index (χ4v) is 1.30. The number of alkyl halides is 2. The molecule has 1 amide bonds. The number of halogens is 2. The second kappa shape index (κ2) is 5.60. The van der Waals surface area contributed by atoms with Gasteiger partial charge in [-0.2, -0.15) is 0 Å². The molecule has 1 N–H and O–H groups in total. The molecule has 1 rings (SSSR count). The Hall–Kier alpha value is -1.43. The molecule has 0 saturated heterocycles. The van der Waals surface area contributed by atoms with Gasteiger partial charge >= 0.3 is 0 Å². The van der Waals surface area contributed by atoms with E-state index in [0.29, 0.717) is 5.56 Å². The van der Waals surface area contributed by atoms with E-state index in [1.54, 1.807) is 13.0 Å². The zero-order chi connectivity index (χ0) is 12.1. The molecule has 0 fully saturated rings. The first-order chi connectivity index (χ1) is 7.56. The Morgan fingerprint density at radius 1 is 1.62 bits per heavy atom. The number of furan rings is 1. The number of aliphatic hydroxyl groups is 1. The van der Waals surface area contributed by atoms with Gasteiger partial charge in [0, 0.05) is 12.1 Å². The molecule has 0 unspecified atom stereocenters. The maximum atomic E-state index is 12.2. The Bertz CT molecular complexity index is 352. The molecule has 1 heterocycles. The van der Waals surface area contributed by atoms with Crippen molar-refractivity contribution in [2.45, 2.75) is 13.3 Å². The van der Waals surface area contributed by atoms with Gasteiger partial charge in [0.15, 0.2) is 5.76 Å². The summed E-state index contributed by atoms with van der Waals surface area (Å²) in [4.78, 5) is 12.6. The molecule has 6 heteroatoms. The molecule has 16 heavy (non-hydrogen) atoms. The lowest BCUT2D eigenvalue weighted by Gasteiger charge is -2.20. The number of hydrogen-bond donors (Lipinski definition) is 1. The van der Waals surface area contributed by atoms with E-state index in [1.807, 2.05) is 0 Å². The van der Waals surface area contributed by atoms with Crippen LogP contribution < -0.4 is 0 Å². The van der Waals surface area contributed by atoms with Gasteiger partial charge in [-0.25, -0.2) is 8.78 Å². The van der Waals surface area contributed by atoms with Crippen molar-refractivity contribution in [1.82, 2.24) is 4.90 Å². The van der Waals surface area contributed by atoms with Gasteiger partial charge in [-0.3, -0.25) is 4.79 Å². The van der Waals surface area contributed by atoms with E-state index in [1.165, 1.54) is 6.26 Å². The van der Waals surface area contributed by atoms with E-state index in [9.17, 15) is 13.6 Å². The van der Waals surface area contributed by atoms with Crippen LogP contribution in [-0.2, 0) is 0 Å². The number of carbonyl (C=O) groups excluding carboxylic acids is 1. The normalized spacial score (nSPS) is 10.8. The maximum Gasteiger partial charge on any atom is 0.290 e. The average Bonchev–Trinajstić information content (AvgIpc) is 2.62. The van der Waals surface area contributed by atoms with Gasteiger partial charge in [-0.05, 0) is 13.0 Å². The van der Waals surface area contributed by atoms with Gasteiger partial charge in [0.05, 0.1) is 19.4 Å². The summed E-state index contributed by atoms with van der Waals surface area (Å²) in [6.45, 7) is 0.442. The molecule has 1 aromatic rings. The smallest absolute Gasteiger partial charge is 0.290 e. The first kappa shape index (κ1) is 12.6. The summed E-state index contributed by atoms with van der Waals surface area (Å²) in [6.07, 6.45) is -1.31. The van der Waals surface area contributed by atoms with Crippen molar-refractivity contribution in [3.05, 3.63) is 23.7 Å². The fraction of sp³-hybridized carbons (Fsp3) is 0.500. The molecule has 0 aliphatic rings. The van der Waals surface area contributed by atoms with Crippen LogP contribution in [-0.4, -0.2) is 42.0 Å². The molecular formula is C10H13F2NO3. The third kappa shape index (κ3) is 3.03. The van der Waals surface area contributed by atoms with E-state index in [-0.39, 0.29) is 18.9 Å². The highest BCUT2D eigenvalue weighted by molar-refractivity contribution is 5.92. The molecule has 0 aromatic carbocycles. The third-order valence-corrected chi connectivity index (χ3v) is 2.07. The molecule has 0 aliphatic carbocycles. The van der Waals surface area contributed by atoms with Crippen molar-refractivity contribution in [2.24, 2.45) is 0 Å². The summed E-state index contributed by atoms with van der Waals surface area (Å²) in [5.74, 6) is -0.592. The van der Waals surface area contributed by atoms with E-state index in [2.05, 4.69) is 0 Å². The van der Waals surface area contributed by atoms with Crippen molar-refractivity contribution in [1.29, 1.82) is 0 Å². The van der Waals surface area contributed by atoms with Crippen molar-refractivity contribution in [3.8, 4) is 0 Å². The van der Waals surface area contributed by atoms with Gasteiger partial charge in [0.2, 0.25) is 0 Å². The number of amides is 1. The first-order valence-corrected chi connectivity index (χ1v) is 4.78. The highest BCUT2D eigenvalue weighted by atomic mass is 19.3. The zero-order valence-corrected chi connectivity index (χ0v) is 8.82. The Morgan fingerprint density at radius 3 is 2.75 bits per heavy atom. The number of hydrogen-bond acceptors (Lipinski definition) is 3. The second-order valence-electron chi connectivity index (χ2n) is 3.30. The Morgan fingerprint density at radius 2 is 2.31 bits per heavy atom. The molecule has 4 nitrogen and oxygen atoms in total.